The molecule has 2 aromatic heterocycles. The highest BCUT2D eigenvalue weighted by Gasteiger charge is 2.14. The lowest BCUT2D eigenvalue weighted by Gasteiger charge is -2.26. The number of hydrogen-bond donors (Lipinski definition) is 1. The van der Waals surface area contributed by atoms with E-state index in [1.165, 1.54) is 20.5 Å². The van der Waals surface area contributed by atoms with Gasteiger partial charge < -0.3 is 15.4 Å². The number of morpholine rings is 1. The van der Waals surface area contributed by atoms with E-state index >= 15 is 0 Å². The number of nitrogens with zero attached hydrogens (tertiary/aromatic N) is 3. The second-order valence-corrected chi connectivity index (χ2v) is 9.01. The minimum atomic E-state index is -0.0385. The second-order valence-electron chi connectivity index (χ2n) is 7.88. The summed E-state index contributed by atoms with van der Waals surface area (Å²) >= 11 is 1.75. The summed E-state index contributed by atoms with van der Waals surface area (Å²) in [5.41, 5.74) is 9.18. The molecule has 1 aliphatic heterocycles. The number of benzene rings is 1. The summed E-state index contributed by atoms with van der Waals surface area (Å²) < 4.78 is 6.66. The molecule has 0 saturated carbocycles. The van der Waals surface area contributed by atoms with Gasteiger partial charge in [0.15, 0.2) is 0 Å². The number of amides is 1. The lowest BCUT2D eigenvalue weighted by atomic mass is 10.1. The topological polar surface area (TPSA) is 71.7 Å². The third-order valence-corrected chi connectivity index (χ3v) is 6.90. The zero-order valence-corrected chi connectivity index (χ0v) is 20.0. The van der Waals surface area contributed by atoms with Crippen molar-refractivity contribution in [2.24, 2.45) is 0 Å². The maximum absolute atomic E-state index is 12.7. The van der Waals surface area contributed by atoms with Gasteiger partial charge in [0.2, 0.25) is 5.91 Å². The highest BCUT2D eigenvalue weighted by molar-refractivity contribution is 7.19. The van der Waals surface area contributed by atoms with Crippen LogP contribution in [-0.4, -0.2) is 54.0 Å². The molecule has 0 atom stereocenters. The predicted molar refractivity (Wildman–Crippen MR) is 134 cm³/mol. The molecule has 0 aliphatic carbocycles. The van der Waals surface area contributed by atoms with Crippen LogP contribution in [-0.2, 0) is 22.6 Å². The average molecular weight is 473 g/mol. The van der Waals surface area contributed by atoms with Crippen LogP contribution in [0.3, 0.4) is 0 Å². The Morgan fingerprint density at radius 2 is 2.06 bits per heavy atom. The number of likely N-dealkylation sites (N-methyl/N-ethyl adjacent to an activating group) is 1. The number of hydrogen-bond acceptors (Lipinski definition) is 6. The van der Waals surface area contributed by atoms with Crippen molar-refractivity contribution in [1.82, 2.24) is 14.8 Å². The summed E-state index contributed by atoms with van der Waals surface area (Å²) in [5.74, 6) is 0.496. The van der Waals surface area contributed by atoms with Crippen LogP contribution >= 0.6 is 23.7 Å². The third-order valence-electron chi connectivity index (χ3n) is 5.64. The number of rotatable bonds is 6. The van der Waals surface area contributed by atoms with Crippen LogP contribution < -0.4 is 5.73 Å². The fourth-order valence-corrected chi connectivity index (χ4v) is 4.99. The van der Waals surface area contributed by atoms with E-state index in [-0.39, 0.29) is 18.3 Å². The van der Waals surface area contributed by atoms with Crippen molar-refractivity contribution in [1.29, 1.82) is 0 Å². The van der Waals surface area contributed by atoms with Gasteiger partial charge in [-0.25, -0.2) is 4.98 Å². The Labute approximate surface area is 199 Å². The molecule has 1 aliphatic rings. The summed E-state index contributed by atoms with van der Waals surface area (Å²) in [6.45, 7) is 6.72. The van der Waals surface area contributed by atoms with E-state index in [0.717, 1.165) is 44.0 Å². The molecule has 1 aromatic carbocycles. The first kappa shape index (κ1) is 24.2. The molecular weight excluding hydrogens is 444 g/mol. The molecule has 0 bridgehead atoms. The fraction of sp³-hybridized carbons (Fsp3) is 0.333. The van der Waals surface area contributed by atoms with E-state index in [4.69, 9.17) is 10.5 Å². The summed E-state index contributed by atoms with van der Waals surface area (Å²) in [6, 6.07) is 10.4. The maximum Gasteiger partial charge on any atom is 0.246 e. The SMILES string of the molecule is Cc1c(CN(C)C(=O)/C=C/c2cnc(N)c(CN3CCOCC3)c2)sc2ccccc12.Cl. The first-order chi connectivity index (χ1) is 15.0. The molecule has 2 N–H and O–H groups in total. The molecule has 4 rings (SSSR count). The fourth-order valence-electron chi connectivity index (χ4n) is 3.72. The monoisotopic (exact) mass is 472 g/mol. The number of pyridine rings is 1. The van der Waals surface area contributed by atoms with Crippen molar-refractivity contribution in [3.8, 4) is 0 Å². The highest BCUT2D eigenvalue weighted by atomic mass is 35.5. The van der Waals surface area contributed by atoms with Gasteiger partial charge in [-0.1, -0.05) is 18.2 Å². The molecule has 3 heterocycles. The van der Waals surface area contributed by atoms with Crippen molar-refractivity contribution >= 4 is 51.6 Å². The Kier molecular flexibility index (Phi) is 8.26. The van der Waals surface area contributed by atoms with E-state index < -0.39 is 0 Å². The minimum Gasteiger partial charge on any atom is -0.383 e. The number of carbonyl (C=O) groups excluding carboxylic acids is 1. The number of ether oxygens (including phenoxy) is 1. The van der Waals surface area contributed by atoms with Crippen LogP contribution in [0.4, 0.5) is 5.82 Å². The van der Waals surface area contributed by atoms with E-state index in [2.05, 4.69) is 35.0 Å². The minimum absolute atomic E-state index is 0. The van der Waals surface area contributed by atoms with Gasteiger partial charge >= 0.3 is 0 Å². The van der Waals surface area contributed by atoms with Crippen LogP contribution in [0.2, 0.25) is 0 Å². The first-order valence-corrected chi connectivity index (χ1v) is 11.3. The zero-order valence-electron chi connectivity index (χ0n) is 18.4. The van der Waals surface area contributed by atoms with Gasteiger partial charge in [0.05, 0.1) is 19.8 Å². The number of nitrogen functional groups attached to an aromatic ring is 1. The number of aromatic nitrogens is 1. The van der Waals surface area contributed by atoms with Crippen molar-refractivity contribution in [3.63, 3.8) is 0 Å². The van der Waals surface area contributed by atoms with Gasteiger partial charge in [0, 0.05) is 54.1 Å². The normalized spacial score (nSPS) is 14.6. The van der Waals surface area contributed by atoms with Gasteiger partial charge in [-0.05, 0) is 41.6 Å². The lowest BCUT2D eigenvalue weighted by Crippen LogP contribution is -2.35. The molecule has 6 nitrogen and oxygen atoms in total. The maximum atomic E-state index is 12.7. The summed E-state index contributed by atoms with van der Waals surface area (Å²) in [5, 5.41) is 1.26. The molecule has 8 heteroatoms. The molecule has 32 heavy (non-hydrogen) atoms. The molecule has 1 saturated heterocycles. The van der Waals surface area contributed by atoms with Crippen molar-refractivity contribution in [2.75, 3.05) is 39.1 Å². The largest absolute Gasteiger partial charge is 0.383 e. The van der Waals surface area contributed by atoms with Crippen molar-refractivity contribution < 1.29 is 9.53 Å². The number of thiophene rings is 1. The Morgan fingerprint density at radius 3 is 2.81 bits per heavy atom. The number of fused-ring (bicyclic) bond motifs is 1. The number of carbonyl (C=O) groups is 1. The van der Waals surface area contributed by atoms with E-state index in [1.807, 2.05) is 25.3 Å². The number of halogens is 1. The first-order valence-electron chi connectivity index (χ1n) is 10.5. The standard InChI is InChI=1S/C24H28N4O2S.ClH/c1-17-20-5-3-4-6-21(20)31-22(17)16-27(2)23(29)8-7-18-13-19(24(25)26-14-18)15-28-9-11-30-12-10-28;/h3-8,13-14H,9-12,15-16H2,1-2H3,(H2,25,26);1H/b8-7+;. The summed E-state index contributed by atoms with van der Waals surface area (Å²) in [7, 11) is 1.83. The summed E-state index contributed by atoms with van der Waals surface area (Å²) in [4.78, 5) is 22.3. The Hall–Kier alpha value is -2.45. The second kappa shape index (κ2) is 10.9. The highest BCUT2D eigenvalue weighted by Crippen LogP contribution is 2.31. The van der Waals surface area contributed by atoms with Crippen molar-refractivity contribution in [2.45, 2.75) is 20.0 Å². The van der Waals surface area contributed by atoms with Gasteiger partial charge in [0.25, 0.3) is 0 Å². The van der Waals surface area contributed by atoms with Gasteiger partial charge in [-0.2, -0.15) is 0 Å². The molecule has 170 valence electrons. The van der Waals surface area contributed by atoms with Crippen LogP contribution in [0.1, 0.15) is 21.6 Å². The van der Waals surface area contributed by atoms with Crippen LogP contribution in [0, 0.1) is 6.92 Å². The van der Waals surface area contributed by atoms with Crippen LogP contribution in [0.25, 0.3) is 16.2 Å². The molecule has 3 aromatic rings. The number of aryl methyl sites for hydroxylation is 1. The molecular formula is C24H29ClN4O2S. The number of anilines is 1. The predicted octanol–water partition coefficient (Wildman–Crippen LogP) is 4.11. The average Bonchev–Trinajstić information content (AvgIpc) is 3.10. The number of nitrogens with two attached hydrogens (primary N) is 1. The smallest absolute Gasteiger partial charge is 0.246 e. The Morgan fingerprint density at radius 1 is 1.31 bits per heavy atom. The molecule has 1 fully saturated rings. The van der Waals surface area contributed by atoms with E-state index in [1.54, 1.807) is 28.5 Å². The lowest BCUT2D eigenvalue weighted by molar-refractivity contribution is -0.125. The Bertz CT molecular complexity index is 1110. The molecule has 0 radical (unpaired) electrons. The third kappa shape index (κ3) is 5.66. The van der Waals surface area contributed by atoms with Crippen LogP contribution in [0.5, 0.6) is 0 Å². The summed E-state index contributed by atoms with van der Waals surface area (Å²) in [6.07, 6.45) is 5.12. The van der Waals surface area contributed by atoms with Gasteiger partial charge in [-0.3, -0.25) is 9.69 Å². The van der Waals surface area contributed by atoms with Crippen molar-refractivity contribution in [3.05, 3.63) is 64.2 Å². The quantitative estimate of drug-likeness (QED) is 0.546. The molecule has 0 spiro atoms. The van der Waals surface area contributed by atoms with Gasteiger partial charge in [0.1, 0.15) is 5.82 Å². The van der Waals surface area contributed by atoms with E-state index in [0.29, 0.717) is 12.4 Å². The van der Waals surface area contributed by atoms with Crippen LogP contribution in [0.15, 0.2) is 42.6 Å². The Balaban J connectivity index is 0.00000289. The molecule has 0 unspecified atom stereocenters. The van der Waals surface area contributed by atoms with E-state index in [9.17, 15) is 4.79 Å². The van der Waals surface area contributed by atoms with Gasteiger partial charge in [-0.15, -0.1) is 23.7 Å². The molecule has 1 amide bonds. The zero-order chi connectivity index (χ0) is 21.8.